The lowest BCUT2D eigenvalue weighted by atomic mass is 9.92. The highest BCUT2D eigenvalue weighted by molar-refractivity contribution is 6.42. The van der Waals surface area contributed by atoms with Crippen molar-refractivity contribution in [3.05, 3.63) is 69.0 Å². The summed E-state index contributed by atoms with van der Waals surface area (Å²) in [5, 5.41) is 9.63. The number of carboxylic acid groups (broad SMARTS) is 1. The Bertz CT molecular complexity index is 1420. The van der Waals surface area contributed by atoms with Gasteiger partial charge in [-0.05, 0) is 55.5 Å². The first-order valence-electron chi connectivity index (χ1n) is 11.5. The Morgan fingerprint density at radius 2 is 1.84 bits per heavy atom. The Labute approximate surface area is 221 Å². The number of pyridine rings is 1. The van der Waals surface area contributed by atoms with Gasteiger partial charge in [-0.1, -0.05) is 29.8 Å². The average Bonchev–Trinajstić information content (AvgIpc) is 3.15. The molecule has 1 saturated heterocycles. The van der Waals surface area contributed by atoms with Crippen LogP contribution >= 0.6 is 23.2 Å². The van der Waals surface area contributed by atoms with Gasteiger partial charge in [-0.15, -0.1) is 0 Å². The van der Waals surface area contributed by atoms with E-state index in [1.54, 1.807) is 6.07 Å². The summed E-state index contributed by atoms with van der Waals surface area (Å²) >= 11 is 13.1. The first kappa shape index (κ1) is 27.0. The maximum atomic E-state index is 13.6. The summed E-state index contributed by atoms with van der Waals surface area (Å²) in [6.45, 7) is 6.85. The normalized spacial score (nSPS) is 14.8. The molecule has 0 spiro atoms. The predicted molar refractivity (Wildman–Crippen MR) is 136 cm³/mol. The lowest BCUT2D eigenvalue weighted by molar-refractivity contribution is -0.141. The second kappa shape index (κ2) is 10.0. The molecule has 1 aromatic carbocycles. The molecule has 1 fully saturated rings. The number of aromatic nitrogens is 2. The second-order valence-corrected chi connectivity index (χ2v) is 10.0. The van der Waals surface area contributed by atoms with E-state index >= 15 is 0 Å². The maximum absolute atomic E-state index is 13.6. The van der Waals surface area contributed by atoms with Crippen LogP contribution in [-0.2, 0) is 18.0 Å². The van der Waals surface area contributed by atoms with Crippen molar-refractivity contribution in [3.8, 4) is 0 Å². The van der Waals surface area contributed by atoms with Gasteiger partial charge >= 0.3 is 12.1 Å². The van der Waals surface area contributed by atoms with Crippen LogP contribution in [0.3, 0.4) is 0 Å². The minimum Gasteiger partial charge on any atom is -0.481 e. The van der Waals surface area contributed by atoms with E-state index in [2.05, 4.69) is 11.6 Å². The number of halogens is 5. The maximum Gasteiger partial charge on any atom is 0.433 e. The number of fused-ring (bicyclic) bond motifs is 1. The van der Waals surface area contributed by atoms with E-state index in [0.717, 1.165) is 6.07 Å². The summed E-state index contributed by atoms with van der Waals surface area (Å²) in [6, 6.07) is 5.63. The third-order valence-electron chi connectivity index (χ3n) is 6.82. The molecule has 0 aliphatic carbocycles. The Balaban J connectivity index is 1.68. The molecule has 2 aromatic heterocycles. The van der Waals surface area contributed by atoms with Crippen LogP contribution in [0.1, 0.15) is 52.1 Å². The number of ketones is 1. The number of carbonyl (C=O) groups excluding carboxylic acids is 1. The number of carboxylic acids is 1. The number of aryl methyl sites for hydroxylation is 2. The number of carbonyl (C=O) groups is 2. The van der Waals surface area contributed by atoms with Gasteiger partial charge in [0.25, 0.3) is 0 Å². The van der Waals surface area contributed by atoms with Crippen LogP contribution in [0.25, 0.3) is 16.7 Å². The second-order valence-electron chi connectivity index (χ2n) is 9.24. The van der Waals surface area contributed by atoms with E-state index in [1.807, 2.05) is 4.90 Å². The number of benzene rings is 1. The molecule has 0 radical (unpaired) electrons. The lowest BCUT2D eigenvalue weighted by Gasteiger charge is -2.34. The van der Waals surface area contributed by atoms with Gasteiger partial charge in [0.05, 0.1) is 21.3 Å². The number of hydrogen-bond acceptors (Lipinski definition) is 4. The van der Waals surface area contributed by atoms with Crippen molar-refractivity contribution in [2.75, 3.05) is 13.1 Å². The van der Waals surface area contributed by atoms with Crippen molar-refractivity contribution in [3.63, 3.8) is 0 Å². The standard InChI is InChI=1S/C26H24Cl2F3N3O3/c1-13-10-20(26(29,30)31)32-25-17(13)12-19(33(25)3)24(37)22-18(27)5-4-16(23(22)28)14(2)34-8-6-15(7-9-34)11-21(35)36/h4-5,10,12,15H,2,6-9,11H2,1,3H3,(H,35,36). The van der Waals surface area contributed by atoms with Gasteiger partial charge in [-0.3, -0.25) is 9.59 Å². The highest BCUT2D eigenvalue weighted by Gasteiger charge is 2.34. The van der Waals surface area contributed by atoms with Crippen molar-refractivity contribution >= 4 is 51.7 Å². The summed E-state index contributed by atoms with van der Waals surface area (Å²) < 4.78 is 41.2. The van der Waals surface area contributed by atoms with Gasteiger partial charge in [0.1, 0.15) is 11.3 Å². The molecule has 196 valence electrons. The molecular formula is C26H24Cl2F3N3O3. The van der Waals surface area contributed by atoms with Gasteiger partial charge in [0.2, 0.25) is 5.78 Å². The summed E-state index contributed by atoms with van der Waals surface area (Å²) in [5.74, 6) is -1.30. The number of likely N-dealkylation sites (tertiary alicyclic amines) is 1. The number of alkyl halides is 3. The Kier molecular flexibility index (Phi) is 7.32. The quantitative estimate of drug-likeness (QED) is 0.348. The zero-order valence-electron chi connectivity index (χ0n) is 20.1. The third kappa shape index (κ3) is 5.20. The number of piperidine rings is 1. The van der Waals surface area contributed by atoms with Crippen LogP contribution in [0.2, 0.25) is 10.0 Å². The van der Waals surface area contributed by atoms with Crippen molar-refractivity contribution in [1.29, 1.82) is 0 Å². The van der Waals surface area contributed by atoms with E-state index in [4.69, 9.17) is 28.3 Å². The van der Waals surface area contributed by atoms with Gasteiger partial charge in [0.15, 0.2) is 0 Å². The lowest BCUT2D eigenvalue weighted by Crippen LogP contribution is -2.33. The highest BCUT2D eigenvalue weighted by atomic mass is 35.5. The molecule has 0 saturated carbocycles. The molecule has 1 aliphatic rings. The third-order valence-corrected chi connectivity index (χ3v) is 7.52. The average molecular weight is 554 g/mol. The molecule has 3 aromatic rings. The summed E-state index contributed by atoms with van der Waals surface area (Å²) in [5.41, 5.74) is 0.491. The van der Waals surface area contributed by atoms with Crippen LogP contribution in [0, 0.1) is 12.8 Å². The van der Waals surface area contributed by atoms with E-state index in [0.29, 0.717) is 48.1 Å². The van der Waals surface area contributed by atoms with Crippen LogP contribution < -0.4 is 0 Å². The molecule has 0 amide bonds. The number of rotatable bonds is 6. The molecule has 0 atom stereocenters. The monoisotopic (exact) mass is 553 g/mol. The number of hydrogen-bond donors (Lipinski definition) is 1. The van der Waals surface area contributed by atoms with Gasteiger partial charge < -0.3 is 14.6 Å². The van der Waals surface area contributed by atoms with Crippen molar-refractivity contribution in [2.45, 2.75) is 32.4 Å². The number of nitrogens with zero attached hydrogens (tertiary/aromatic N) is 3. The fourth-order valence-electron chi connectivity index (χ4n) is 4.75. The summed E-state index contributed by atoms with van der Waals surface area (Å²) in [7, 11) is 1.47. The first-order valence-corrected chi connectivity index (χ1v) is 12.3. The van der Waals surface area contributed by atoms with E-state index in [9.17, 15) is 22.8 Å². The molecular weight excluding hydrogens is 530 g/mol. The van der Waals surface area contributed by atoms with Crippen LogP contribution in [0.15, 0.2) is 30.8 Å². The largest absolute Gasteiger partial charge is 0.481 e. The summed E-state index contributed by atoms with van der Waals surface area (Å²) in [4.78, 5) is 30.4. The van der Waals surface area contributed by atoms with E-state index in [-0.39, 0.29) is 39.3 Å². The Morgan fingerprint density at radius 3 is 2.43 bits per heavy atom. The molecule has 1 aliphatic heterocycles. The van der Waals surface area contributed by atoms with E-state index in [1.165, 1.54) is 30.7 Å². The molecule has 0 unspecified atom stereocenters. The minimum absolute atomic E-state index is 0.0161. The van der Waals surface area contributed by atoms with Crippen LogP contribution in [0.5, 0.6) is 0 Å². The molecule has 1 N–H and O–H groups in total. The Morgan fingerprint density at radius 1 is 1.19 bits per heavy atom. The highest BCUT2D eigenvalue weighted by Crippen LogP contribution is 2.37. The van der Waals surface area contributed by atoms with Crippen molar-refractivity contribution in [1.82, 2.24) is 14.5 Å². The molecule has 3 heterocycles. The Hall–Kier alpha value is -3.04. The predicted octanol–water partition coefficient (Wildman–Crippen LogP) is 6.60. The zero-order valence-corrected chi connectivity index (χ0v) is 21.6. The fourth-order valence-corrected chi connectivity index (χ4v) is 5.40. The van der Waals surface area contributed by atoms with Gasteiger partial charge in [0, 0.05) is 43.2 Å². The smallest absolute Gasteiger partial charge is 0.433 e. The molecule has 37 heavy (non-hydrogen) atoms. The van der Waals surface area contributed by atoms with Crippen LogP contribution in [0.4, 0.5) is 13.2 Å². The minimum atomic E-state index is -4.63. The summed E-state index contributed by atoms with van der Waals surface area (Å²) in [6.07, 6.45) is -3.14. The molecule has 0 bridgehead atoms. The SMILES string of the molecule is C=C(c1ccc(Cl)c(C(=O)c2cc3c(C)cc(C(F)(F)F)nc3n2C)c1Cl)N1CCC(CC(=O)O)CC1. The molecule has 4 rings (SSSR count). The zero-order chi connectivity index (χ0) is 27.2. The van der Waals surface area contributed by atoms with E-state index < -0.39 is 23.6 Å². The van der Waals surface area contributed by atoms with Crippen molar-refractivity contribution in [2.24, 2.45) is 13.0 Å². The molecule has 6 nitrogen and oxygen atoms in total. The van der Waals surface area contributed by atoms with Gasteiger partial charge in [-0.25, -0.2) is 4.98 Å². The fraction of sp³-hybridized carbons (Fsp3) is 0.346. The van der Waals surface area contributed by atoms with Crippen molar-refractivity contribution < 1.29 is 27.9 Å². The topological polar surface area (TPSA) is 75.4 Å². The van der Waals surface area contributed by atoms with Gasteiger partial charge in [-0.2, -0.15) is 13.2 Å². The van der Waals surface area contributed by atoms with Crippen LogP contribution in [-0.4, -0.2) is 44.4 Å². The first-order chi connectivity index (χ1) is 17.3. The molecule has 11 heteroatoms. The number of aliphatic carboxylic acids is 1.